The number of carbonyl (C=O) groups excluding carboxylic acids is 2. The molecule has 1 aromatic rings. The van der Waals surface area contributed by atoms with Crippen molar-refractivity contribution in [3.05, 3.63) is 11.4 Å². The SMILES string of the molecule is CCC(=O)NC1CCN(C(=O)c2n[nH]c(C)c2N)CC1. The van der Waals surface area contributed by atoms with E-state index >= 15 is 0 Å². The molecule has 20 heavy (non-hydrogen) atoms. The van der Waals surface area contributed by atoms with Crippen molar-refractivity contribution in [2.24, 2.45) is 0 Å². The fraction of sp³-hybridized carbons (Fsp3) is 0.615. The van der Waals surface area contributed by atoms with Gasteiger partial charge in [0, 0.05) is 25.6 Å². The normalized spacial score (nSPS) is 16.2. The van der Waals surface area contributed by atoms with Crippen molar-refractivity contribution in [2.75, 3.05) is 18.8 Å². The van der Waals surface area contributed by atoms with Crippen LogP contribution < -0.4 is 11.1 Å². The van der Waals surface area contributed by atoms with Crippen LogP contribution in [0.3, 0.4) is 0 Å². The highest BCUT2D eigenvalue weighted by molar-refractivity contribution is 5.97. The van der Waals surface area contributed by atoms with E-state index in [9.17, 15) is 9.59 Å². The van der Waals surface area contributed by atoms with Crippen molar-refractivity contribution in [1.82, 2.24) is 20.4 Å². The van der Waals surface area contributed by atoms with Crippen LogP contribution in [0.25, 0.3) is 0 Å². The number of likely N-dealkylation sites (tertiary alicyclic amines) is 1. The minimum absolute atomic E-state index is 0.0574. The fourth-order valence-corrected chi connectivity index (χ4v) is 2.31. The number of piperidine rings is 1. The number of aryl methyl sites for hydroxylation is 1. The molecule has 1 saturated heterocycles. The first-order valence-corrected chi connectivity index (χ1v) is 6.92. The summed E-state index contributed by atoms with van der Waals surface area (Å²) in [5.74, 6) is -0.0888. The lowest BCUT2D eigenvalue weighted by atomic mass is 10.0. The van der Waals surface area contributed by atoms with Crippen molar-refractivity contribution in [1.29, 1.82) is 0 Å². The summed E-state index contributed by atoms with van der Waals surface area (Å²) in [7, 11) is 0. The summed E-state index contributed by atoms with van der Waals surface area (Å²) in [5, 5.41) is 9.64. The topological polar surface area (TPSA) is 104 Å². The maximum absolute atomic E-state index is 12.3. The van der Waals surface area contributed by atoms with Crippen LogP contribution in [0.2, 0.25) is 0 Å². The maximum Gasteiger partial charge on any atom is 0.276 e. The predicted octanol–water partition coefficient (Wildman–Crippen LogP) is 0.431. The number of H-pyrrole nitrogens is 1. The Morgan fingerprint density at radius 1 is 1.45 bits per heavy atom. The monoisotopic (exact) mass is 279 g/mol. The van der Waals surface area contributed by atoms with Crippen LogP contribution in [-0.4, -0.2) is 46.0 Å². The molecule has 0 radical (unpaired) electrons. The molecule has 7 heteroatoms. The van der Waals surface area contributed by atoms with Gasteiger partial charge >= 0.3 is 0 Å². The van der Waals surface area contributed by atoms with Crippen molar-refractivity contribution in [2.45, 2.75) is 39.2 Å². The van der Waals surface area contributed by atoms with Gasteiger partial charge in [-0.3, -0.25) is 14.7 Å². The number of nitrogens with one attached hydrogen (secondary N) is 2. The molecule has 4 N–H and O–H groups in total. The number of nitrogens with two attached hydrogens (primary N) is 1. The largest absolute Gasteiger partial charge is 0.395 e. The zero-order chi connectivity index (χ0) is 14.7. The average molecular weight is 279 g/mol. The third-order valence-corrected chi connectivity index (χ3v) is 3.67. The van der Waals surface area contributed by atoms with Gasteiger partial charge in [-0.2, -0.15) is 5.10 Å². The number of aromatic amines is 1. The van der Waals surface area contributed by atoms with Gasteiger partial charge < -0.3 is 16.0 Å². The molecule has 0 unspecified atom stereocenters. The van der Waals surface area contributed by atoms with E-state index in [1.165, 1.54) is 0 Å². The van der Waals surface area contributed by atoms with Gasteiger partial charge in [0.1, 0.15) is 0 Å². The molecular formula is C13H21N5O2. The van der Waals surface area contributed by atoms with Crippen LogP contribution in [-0.2, 0) is 4.79 Å². The van der Waals surface area contributed by atoms with Gasteiger partial charge in [-0.25, -0.2) is 0 Å². The van der Waals surface area contributed by atoms with Gasteiger partial charge in [0.05, 0.1) is 11.4 Å². The second-order valence-electron chi connectivity index (χ2n) is 5.10. The smallest absolute Gasteiger partial charge is 0.276 e. The molecule has 1 aliphatic rings. The van der Waals surface area contributed by atoms with Crippen molar-refractivity contribution >= 4 is 17.5 Å². The van der Waals surface area contributed by atoms with E-state index in [0.29, 0.717) is 36.6 Å². The average Bonchev–Trinajstić information content (AvgIpc) is 2.79. The highest BCUT2D eigenvalue weighted by Crippen LogP contribution is 2.18. The van der Waals surface area contributed by atoms with Crippen molar-refractivity contribution < 1.29 is 9.59 Å². The Bertz CT molecular complexity index is 503. The molecule has 0 atom stereocenters. The first-order valence-electron chi connectivity index (χ1n) is 6.92. The van der Waals surface area contributed by atoms with Crippen molar-refractivity contribution in [3.8, 4) is 0 Å². The number of hydrogen-bond donors (Lipinski definition) is 3. The predicted molar refractivity (Wildman–Crippen MR) is 75.1 cm³/mol. The maximum atomic E-state index is 12.3. The lowest BCUT2D eigenvalue weighted by molar-refractivity contribution is -0.121. The molecule has 1 aliphatic heterocycles. The Balaban J connectivity index is 1.92. The van der Waals surface area contributed by atoms with E-state index in [2.05, 4.69) is 15.5 Å². The van der Waals surface area contributed by atoms with E-state index in [1.54, 1.807) is 11.8 Å². The number of hydrogen-bond acceptors (Lipinski definition) is 4. The quantitative estimate of drug-likeness (QED) is 0.746. The number of nitrogens with zero attached hydrogens (tertiary/aromatic N) is 2. The lowest BCUT2D eigenvalue weighted by Crippen LogP contribution is -2.46. The Kier molecular flexibility index (Phi) is 4.26. The van der Waals surface area contributed by atoms with E-state index in [1.807, 2.05) is 6.92 Å². The summed E-state index contributed by atoms with van der Waals surface area (Å²) in [4.78, 5) is 25.4. The van der Waals surface area contributed by atoms with E-state index < -0.39 is 0 Å². The Hall–Kier alpha value is -2.05. The molecule has 0 aliphatic carbocycles. The fourth-order valence-electron chi connectivity index (χ4n) is 2.31. The molecular weight excluding hydrogens is 258 g/mol. The van der Waals surface area contributed by atoms with Gasteiger partial charge in [0.15, 0.2) is 5.69 Å². The summed E-state index contributed by atoms with van der Waals surface area (Å²) in [5.41, 5.74) is 7.23. The molecule has 2 heterocycles. The van der Waals surface area contributed by atoms with Crippen molar-refractivity contribution in [3.63, 3.8) is 0 Å². The molecule has 1 fully saturated rings. The molecule has 2 amide bonds. The van der Waals surface area contributed by atoms with Gasteiger partial charge in [-0.1, -0.05) is 6.92 Å². The Morgan fingerprint density at radius 2 is 2.10 bits per heavy atom. The van der Waals surface area contributed by atoms with Crippen LogP contribution in [0.5, 0.6) is 0 Å². The highest BCUT2D eigenvalue weighted by atomic mass is 16.2. The molecule has 0 saturated carbocycles. The zero-order valence-electron chi connectivity index (χ0n) is 11.9. The molecule has 0 bridgehead atoms. The van der Waals surface area contributed by atoms with Gasteiger partial charge in [0.25, 0.3) is 5.91 Å². The number of carbonyl (C=O) groups is 2. The second-order valence-corrected chi connectivity index (χ2v) is 5.10. The minimum Gasteiger partial charge on any atom is -0.395 e. The Morgan fingerprint density at radius 3 is 2.60 bits per heavy atom. The Labute approximate surface area is 117 Å². The summed E-state index contributed by atoms with van der Waals surface area (Å²) in [6.07, 6.45) is 2.02. The third kappa shape index (κ3) is 2.92. The van der Waals surface area contributed by atoms with Gasteiger partial charge in [-0.05, 0) is 19.8 Å². The summed E-state index contributed by atoms with van der Waals surface area (Å²) >= 11 is 0. The van der Waals surface area contributed by atoms with Crippen LogP contribution in [0.15, 0.2) is 0 Å². The summed E-state index contributed by atoms with van der Waals surface area (Å²) in [6.45, 7) is 4.83. The molecule has 2 rings (SSSR count). The lowest BCUT2D eigenvalue weighted by Gasteiger charge is -2.32. The first-order chi connectivity index (χ1) is 9.52. The highest BCUT2D eigenvalue weighted by Gasteiger charge is 2.27. The van der Waals surface area contributed by atoms with Gasteiger partial charge in [0.2, 0.25) is 5.91 Å². The number of anilines is 1. The minimum atomic E-state index is -0.146. The van der Waals surface area contributed by atoms with Gasteiger partial charge in [-0.15, -0.1) is 0 Å². The molecule has 1 aromatic heterocycles. The molecule has 0 aromatic carbocycles. The van der Waals surface area contributed by atoms with E-state index in [-0.39, 0.29) is 17.9 Å². The van der Waals surface area contributed by atoms with E-state index in [4.69, 9.17) is 5.73 Å². The molecule has 7 nitrogen and oxygen atoms in total. The number of nitrogen functional groups attached to an aromatic ring is 1. The molecule has 110 valence electrons. The first kappa shape index (κ1) is 14.4. The number of amides is 2. The summed E-state index contributed by atoms with van der Waals surface area (Å²) < 4.78 is 0. The summed E-state index contributed by atoms with van der Waals surface area (Å²) in [6, 6.07) is 0.157. The van der Waals surface area contributed by atoms with Crippen LogP contribution >= 0.6 is 0 Å². The standard InChI is InChI=1S/C13H21N5O2/c1-3-10(19)15-9-4-6-18(7-5-9)13(20)12-11(14)8(2)16-17-12/h9H,3-7,14H2,1-2H3,(H,15,19)(H,16,17). The third-order valence-electron chi connectivity index (χ3n) is 3.67. The molecule has 0 spiro atoms. The zero-order valence-corrected chi connectivity index (χ0v) is 11.9. The van der Waals surface area contributed by atoms with Crippen LogP contribution in [0.1, 0.15) is 42.4 Å². The van der Waals surface area contributed by atoms with Crippen LogP contribution in [0, 0.1) is 6.92 Å². The second kappa shape index (κ2) is 5.94. The number of rotatable bonds is 3. The van der Waals surface area contributed by atoms with E-state index in [0.717, 1.165) is 12.8 Å². The van der Waals surface area contributed by atoms with Crippen LogP contribution in [0.4, 0.5) is 5.69 Å². The number of aromatic nitrogens is 2.